The summed E-state index contributed by atoms with van der Waals surface area (Å²) in [6, 6.07) is 8.48. The summed E-state index contributed by atoms with van der Waals surface area (Å²) in [6.07, 6.45) is 0.802. The van der Waals surface area contributed by atoms with Gasteiger partial charge in [0.05, 0.1) is 6.10 Å². The molecule has 0 fully saturated rings. The van der Waals surface area contributed by atoms with Crippen molar-refractivity contribution < 1.29 is 5.11 Å². The van der Waals surface area contributed by atoms with Crippen molar-refractivity contribution in [2.75, 3.05) is 0 Å². The van der Waals surface area contributed by atoms with Crippen LogP contribution in [-0.4, -0.2) is 11.2 Å². The van der Waals surface area contributed by atoms with Crippen molar-refractivity contribution in [2.24, 2.45) is 0 Å². The number of rotatable bonds is 3. The first-order valence-electron chi connectivity index (χ1n) is 4.92. The Morgan fingerprint density at radius 2 is 1.69 bits per heavy atom. The second-order valence-electron chi connectivity index (χ2n) is 3.62. The molecule has 2 unspecified atom stereocenters. The van der Waals surface area contributed by atoms with Gasteiger partial charge < -0.3 is 5.11 Å². The second-order valence-corrected chi connectivity index (χ2v) is 3.62. The van der Waals surface area contributed by atoms with Gasteiger partial charge >= 0.3 is 0 Å². The molecule has 0 heterocycles. The molecular weight excluding hydrogens is 160 g/mol. The lowest BCUT2D eigenvalue weighted by atomic mass is 9.95. The van der Waals surface area contributed by atoms with Crippen molar-refractivity contribution in [1.82, 2.24) is 0 Å². The van der Waals surface area contributed by atoms with Crippen LogP contribution < -0.4 is 0 Å². The Morgan fingerprint density at radius 1 is 1.15 bits per heavy atom. The zero-order chi connectivity index (χ0) is 9.84. The van der Waals surface area contributed by atoms with E-state index in [1.54, 1.807) is 0 Å². The molecule has 0 aliphatic carbocycles. The minimum atomic E-state index is -0.271. The topological polar surface area (TPSA) is 20.2 Å². The van der Waals surface area contributed by atoms with E-state index in [2.05, 4.69) is 31.2 Å². The van der Waals surface area contributed by atoms with E-state index in [1.807, 2.05) is 13.8 Å². The van der Waals surface area contributed by atoms with Gasteiger partial charge in [-0.25, -0.2) is 0 Å². The van der Waals surface area contributed by atoms with Gasteiger partial charge in [0, 0.05) is 5.92 Å². The molecule has 0 amide bonds. The van der Waals surface area contributed by atoms with Crippen LogP contribution in [0.25, 0.3) is 0 Å². The molecule has 1 aromatic carbocycles. The van der Waals surface area contributed by atoms with Gasteiger partial charge in [-0.3, -0.25) is 0 Å². The van der Waals surface area contributed by atoms with Crippen LogP contribution in [0.2, 0.25) is 0 Å². The number of benzene rings is 1. The average Bonchev–Trinajstić information content (AvgIpc) is 2.17. The summed E-state index contributed by atoms with van der Waals surface area (Å²) in [5.74, 6) is 0.228. The molecule has 0 spiro atoms. The summed E-state index contributed by atoms with van der Waals surface area (Å²) < 4.78 is 0. The van der Waals surface area contributed by atoms with E-state index in [0.717, 1.165) is 6.42 Å². The van der Waals surface area contributed by atoms with Crippen LogP contribution in [0.1, 0.15) is 37.8 Å². The molecule has 1 heteroatoms. The Morgan fingerprint density at radius 3 is 2.08 bits per heavy atom. The van der Waals surface area contributed by atoms with Gasteiger partial charge in [0.2, 0.25) is 0 Å². The second kappa shape index (κ2) is 4.43. The molecule has 2 atom stereocenters. The van der Waals surface area contributed by atoms with Gasteiger partial charge in [0.1, 0.15) is 0 Å². The molecule has 0 saturated heterocycles. The SMILES string of the molecule is CCc1ccc(C(C)C(C)O)cc1. The third-order valence-corrected chi connectivity index (χ3v) is 2.64. The fraction of sp³-hybridized carbons (Fsp3) is 0.500. The van der Waals surface area contributed by atoms with Crippen molar-refractivity contribution in [1.29, 1.82) is 0 Å². The van der Waals surface area contributed by atoms with E-state index in [4.69, 9.17) is 0 Å². The lowest BCUT2D eigenvalue weighted by molar-refractivity contribution is 0.169. The van der Waals surface area contributed by atoms with Crippen LogP contribution in [0.4, 0.5) is 0 Å². The highest BCUT2D eigenvalue weighted by Gasteiger charge is 2.10. The molecule has 0 aliphatic rings. The highest BCUT2D eigenvalue weighted by molar-refractivity contribution is 5.25. The largest absolute Gasteiger partial charge is 0.393 e. The number of aryl methyl sites for hydroxylation is 1. The van der Waals surface area contributed by atoms with Crippen molar-refractivity contribution >= 4 is 0 Å². The smallest absolute Gasteiger partial charge is 0.0577 e. The molecule has 0 saturated carbocycles. The zero-order valence-corrected chi connectivity index (χ0v) is 8.62. The van der Waals surface area contributed by atoms with Gasteiger partial charge in [-0.05, 0) is 24.5 Å². The summed E-state index contributed by atoms with van der Waals surface area (Å²) in [6.45, 7) is 6.02. The van der Waals surface area contributed by atoms with Crippen LogP contribution in [0, 0.1) is 0 Å². The van der Waals surface area contributed by atoms with E-state index in [-0.39, 0.29) is 12.0 Å². The van der Waals surface area contributed by atoms with E-state index >= 15 is 0 Å². The summed E-state index contributed by atoms with van der Waals surface area (Å²) in [4.78, 5) is 0. The lowest BCUT2D eigenvalue weighted by Gasteiger charge is -2.15. The standard InChI is InChI=1S/C12H18O/c1-4-11-5-7-12(8-6-11)9(2)10(3)13/h5-10,13H,4H2,1-3H3. The fourth-order valence-corrected chi connectivity index (χ4v) is 1.34. The Kier molecular flexibility index (Phi) is 3.49. The molecule has 0 radical (unpaired) electrons. The van der Waals surface area contributed by atoms with Crippen LogP contribution >= 0.6 is 0 Å². The minimum absolute atomic E-state index is 0.228. The van der Waals surface area contributed by atoms with Crippen molar-refractivity contribution in [2.45, 2.75) is 39.2 Å². The summed E-state index contributed by atoms with van der Waals surface area (Å²) in [7, 11) is 0. The molecule has 1 N–H and O–H groups in total. The maximum absolute atomic E-state index is 9.40. The first-order chi connectivity index (χ1) is 6.15. The Bertz CT molecular complexity index is 248. The predicted octanol–water partition coefficient (Wildman–Crippen LogP) is 2.73. The minimum Gasteiger partial charge on any atom is -0.393 e. The quantitative estimate of drug-likeness (QED) is 0.754. The Balaban J connectivity index is 2.79. The molecule has 0 bridgehead atoms. The number of hydrogen-bond acceptors (Lipinski definition) is 1. The normalized spacial score (nSPS) is 15.4. The maximum atomic E-state index is 9.40. The van der Waals surface area contributed by atoms with E-state index in [9.17, 15) is 5.11 Å². The zero-order valence-electron chi connectivity index (χ0n) is 8.62. The third-order valence-electron chi connectivity index (χ3n) is 2.64. The van der Waals surface area contributed by atoms with Crippen molar-refractivity contribution in [3.63, 3.8) is 0 Å². The monoisotopic (exact) mass is 178 g/mol. The molecule has 1 nitrogen and oxygen atoms in total. The molecule has 1 rings (SSSR count). The number of aliphatic hydroxyl groups is 1. The lowest BCUT2D eigenvalue weighted by Crippen LogP contribution is -2.10. The first-order valence-corrected chi connectivity index (χ1v) is 4.92. The van der Waals surface area contributed by atoms with Gasteiger partial charge in [-0.1, -0.05) is 38.1 Å². The molecule has 13 heavy (non-hydrogen) atoms. The van der Waals surface area contributed by atoms with Gasteiger partial charge in [-0.2, -0.15) is 0 Å². The highest BCUT2D eigenvalue weighted by atomic mass is 16.3. The molecular formula is C12H18O. The summed E-state index contributed by atoms with van der Waals surface area (Å²) in [5.41, 5.74) is 2.56. The van der Waals surface area contributed by atoms with Crippen molar-refractivity contribution in [3.8, 4) is 0 Å². The van der Waals surface area contributed by atoms with Crippen LogP contribution in [0.3, 0.4) is 0 Å². The molecule has 72 valence electrons. The summed E-state index contributed by atoms with van der Waals surface area (Å²) >= 11 is 0. The van der Waals surface area contributed by atoms with Crippen molar-refractivity contribution in [3.05, 3.63) is 35.4 Å². The van der Waals surface area contributed by atoms with E-state index < -0.39 is 0 Å². The summed E-state index contributed by atoms with van der Waals surface area (Å²) in [5, 5.41) is 9.40. The Hall–Kier alpha value is -0.820. The predicted molar refractivity (Wildman–Crippen MR) is 55.9 cm³/mol. The van der Waals surface area contributed by atoms with Crippen LogP contribution in [0.5, 0.6) is 0 Å². The molecule has 0 aliphatic heterocycles. The van der Waals surface area contributed by atoms with Gasteiger partial charge in [-0.15, -0.1) is 0 Å². The maximum Gasteiger partial charge on any atom is 0.0577 e. The molecule has 1 aromatic rings. The fourth-order valence-electron chi connectivity index (χ4n) is 1.34. The molecule has 0 aromatic heterocycles. The van der Waals surface area contributed by atoms with E-state index in [1.165, 1.54) is 11.1 Å². The van der Waals surface area contributed by atoms with Gasteiger partial charge in [0.15, 0.2) is 0 Å². The van der Waals surface area contributed by atoms with Crippen LogP contribution in [-0.2, 0) is 6.42 Å². The number of hydrogen-bond donors (Lipinski definition) is 1. The van der Waals surface area contributed by atoms with E-state index in [0.29, 0.717) is 0 Å². The van der Waals surface area contributed by atoms with Crippen LogP contribution in [0.15, 0.2) is 24.3 Å². The highest BCUT2D eigenvalue weighted by Crippen LogP contribution is 2.19. The average molecular weight is 178 g/mol. The van der Waals surface area contributed by atoms with Gasteiger partial charge in [0.25, 0.3) is 0 Å². The number of aliphatic hydroxyl groups excluding tert-OH is 1. The Labute approximate surface area is 80.4 Å². The third kappa shape index (κ3) is 2.56. The first kappa shape index (κ1) is 10.3.